The fourth-order valence-corrected chi connectivity index (χ4v) is 4.73. The number of aromatic nitrogens is 4. The Hall–Kier alpha value is -2.15. The number of imidazole rings is 1. The van der Waals surface area contributed by atoms with E-state index in [2.05, 4.69) is 28.7 Å². The van der Waals surface area contributed by atoms with Gasteiger partial charge in [-0.15, -0.1) is 11.3 Å². The molecule has 6 nitrogen and oxygen atoms in total. The maximum atomic E-state index is 12.6. The Morgan fingerprint density at radius 3 is 2.71 bits per heavy atom. The SMILES string of the molecule is Cc1csc2c(C3CCN(C(=O)c4ccnn4C)CC3)nc(C)n12. The molecule has 126 valence electrons. The predicted molar refractivity (Wildman–Crippen MR) is 93.6 cm³/mol. The number of rotatable bonds is 2. The van der Waals surface area contributed by atoms with Crippen molar-refractivity contribution in [2.45, 2.75) is 32.6 Å². The van der Waals surface area contributed by atoms with Crippen molar-refractivity contribution >= 4 is 22.1 Å². The number of carbonyl (C=O) groups is 1. The Kier molecular flexibility index (Phi) is 3.68. The molecule has 1 aliphatic rings. The molecule has 0 saturated carbocycles. The molecule has 0 unspecified atom stereocenters. The van der Waals surface area contributed by atoms with Crippen molar-refractivity contribution in [3.63, 3.8) is 0 Å². The average molecular weight is 343 g/mol. The minimum absolute atomic E-state index is 0.0755. The van der Waals surface area contributed by atoms with E-state index in [0.29, 0.717) is 11.6 Å². The maximum Gasteiger partial charge on any atom is 0.272 e. The second kappa shape index (κ2) is 5.73. The molecule has 1 amide bonds. The second-order valence-corrected chi connectivity index (χ2v) is 7.33. The molecule has 1 fully saturated rings. The lowest BCUT2D eigenvalue weighted by molar-refractivity contribution is 0.0701. The summed E-state index contributed by atoms with van der Waals surface area (Å²) in [6.07, 6.45) is 3.60. The third kappa shape index (κ3) is 2.34. The standard InChI is InChI=1S/C17H21N5OS/c1-11-10-24-17-15(19-12(2)22(11)17)13-5-8-21(9-6-13)16(23)14-4-7-18-20(14)3/h4,7,10,13H,5-6,8-9H2,1-3H3. The number of fused-ring (bicyclic) bond motifs is 1. The van der Waals surface area contributed by atoms with E-state index in [-0.39, 0.29) is 5.91 Å². The van der Waals surface area contributed by atoms with E-state index >= 15 is 0 Å². The summed E-state index contributed by atoms with van der Waals surface area (Å²) in [6.45, 7) is 5.74. The quantitative estimate of drug-likeness (QED) is 0.719. The van der Waals surface area contributed by atoms with Gasteiger partial charge in [-0.2, -0.15) is 5.10 Å². The minimum Gasteiger partial charge on any atom is -0.337 e. The topological polar surface area (TPSA) is 55.4 Å². The van der Waals surface area contributed by atoms with E-state index in [0.717, 1.165) is 31.8 Å². The van der Waals surface area contributed by atoms with Crippen molar-refractivity contribution in [3.8, 4) is 0 Å². The monoisotopic (exact) mass is 343 g/mol. The van der Waals surface area contributed by atoms with Gasteiger partial charge in [0, 0.05) is 43.3 Å². The summed E-state index contributed by atoms with van der Waals surface area (Å²) in [4.78, 5) is 20.6. The third-order valence-electron chi connectivity index (χ3n) is 4.93. The van der Waals surface area contributed by atoms with Crippen molar-refractivity contribution in [2.24, 2.45) is 7.05 Å². The molecule has 0 aromatic carbocycles. The maximum absolute atomic E-state index is 12.6. The molecule has 3 aromatic heterocycles. The lowest BCUT2D eigenvalue weighted by Crippen LogP contribution is -2.38. The van der Waals surface area contributed by atoms with E-state index in [1.807, 2.05) is 11.9 Å². The number of hydrogen-bond acceptors (Lipinski definition) is 4. The number of amides is 1. The normalized spacial score (nSPS) is 16.2. The van der Waals surface area contributed by atoms with Gasteiger partial charge in [-0.3, -0.25) is 13.9 Å². The first-order valence-electron chi connectivity index (χ1n) is 8.26. The smallest absolute Gasteiger partial charge is 0.272 e. The van der Waals surface area contributed by atoms with E-state index < -0.39 is 0 Å². The molecule has 24 heavy (non-hydrogen) atoms. The largest absolute Gasteiger partial charge is 0.337 e. The lowest BCUT2D eigenvalue weighted by Gasteiger charge is -2.31. The van der Waals surface area contributed by atoms with Crippen molar-refractivity contribution < 1.29 is 4.79 Å². The molecule has 0 aliphatic carbocycles. The van der Waals surface area contributed by atoms with Crippen LogP contribution in [0.4, 0.5) is 0 Å². The molecule has 0 spiro atoms. The molecule has 0 atom stereocenters. The molecular formula is C17H21N5OS. The highest BCUT2D eigenvalue weighted by Crippen LogP contribution is 2.34. The first-order valence-corrected chi connectivity index (χ1v) is 9.14. The summed E-state index contributed by atoms with van der Waals surface area (Å²) in [5.41, 5.74) is 3.11. The van der Waals surface area contributed by atoms with Gasteiger partial charge in [0.2, 0.25) is 0 Å². The van der Waals surface area contributed by atoms with Gasteiger partial charge >= 0.3 is 0 Å². The highest BCUT2D eigenvalue weighted by Gasteiger charge is 2.29. The van der Waals surface area contributed by atoms with Crippen LogP contribution in [0.25, 0.3) is 4.83 Å². The molecule has 4 heterocycles. The zero-order valence-corrected chi connectivity index (χ0v) is 15.0. The number of aryl methyl sites for hydroxylation is 3. The summed E-state index contributed by atoms with van der Waals surface area (Å²) in [5.74, 6) is 1.57. The molecule has 1 aliphatic heterocycles. The van der Waals surface area contributed by atoms with Crippen LogP contribution >= 0.6 is 11.3 Å². The van der Waals surface area contributed by atoms with E-state index in [4.69, 9.17) is 4.98 Å². The Bertz CT molecular complexity index is 898. The van der Waals surface area contributed by atoms with Gasteiger partial charge in [0.15, 0.2) is 0 Å². The van der Waals surface area contributed by atoms with Crippen LogP contribution in [-0.4, -0.2) is 43.1 Å². The fourth-order valence-electron chi connectivity index (χ4n) is 3.62. The first kappa shape index (κ1) is 15.4. The number of carbonyl (C=O) groups excluding carboxylic acids is 1. The summed E-state index contributed by atoms with van der Waals surface area (Å²) < 4.78 is 3.89. The molecule has 0 radical (unpaired) electrons. The Labute approximate surface area is 144 Å². The van der Waals surface area contributed by atoms with Gasteiger partial charge in [-0.1, -0.05) is 0 Å². The number of piperidine rings is 1. The zero-order chi connectivity index (χ0) is 16.8. The van der Waals surface area contributed by atoms with Crippen LogP contribution < -0.4 is 0 Å². The molecule has 0 bridgehead atoms. The van der Waals surface area contributed by atoms with Crippen molar-refractivity contribution in [3.05, 3.63) is 40.5 Å². The number of hydrogen-bond donors (Lipinski definition) is 0. The Morgan fingerprint density at radius 2 is 2.04 bits per heavy atom. The van der Waals surface area contributed by atoms with Crippen LogP contribution in [0.2, 0.25) is 0 Å². The molecule has 4 rings (SSSR count). The second-order valence-electron chi connectivity index (χ2n) is 6.47. The van der Waals surface area contributed by atoms with Crippen LogP contribution in [-0.2, 0) is 7.05 Å². The third-order valence-corrected chi connectivity index (χ3v) is 6.00. The van der Waals surface area contributed by atoms with Crippen LogP contribution in [0.3, 0.4) is 0 Å². The highest BCUT2D eigenvalue weighted by molar-refractivity contribution is 7.15. The van der Waals surface area contributed by atoms with Gasteiger partial charge in [-0.25, -0.2) is 4.98 Å². The van der Waals surface area contributed by atoms with Gasteiger partial charge in [0.25, 0.3) is 5.91 Å². The van der Waals surface area contributed by atoms with E-state index in [1.165, 1.54) is 16.2 Å². The first-order chi connectivity index (χ1) is 11.6. The van der Waals surface area contributed by atoms with E-state index in [1.54, 1.807) is 28.3 Å². The highest BCUT2D eigenvalue weighted by atomic mass is 32.1. The molecule has 7 heteroatoms. The van der Waals surface area contributed by atoms with Crippen LogP contribution in [0.1, 0.15) is 46.5 Å². The summed E-state index contributed by atoms with van der Waals surface area (Å²) in [7, 11) is 1.81. The van der Waals surface area contributed by atoms with Gasteiger partial charge in [-0.05, 0) is 32.8 Å². The number of nitrogens with zero attached hydrogens (tertiary/aromatic N) is 5. The molecule has 0 N–H and O–H groups in total. The summed E-state index contributed by atoms with van der Waals surface area (Å²) >= 11 is 1.77. The lowest BCUT2D eigenvalue weighted by atomic mass is 9.94. The fraction of sp³-hybridized carbons (Fsp3) is 0.471. The van der Waals surface area contributed by atoms with Crippen LogP contribution in [0.5, 0.6) is 0 Å². The minimum atomic E-state index is 0.0755. The molecule has 3 aromatic rings. The van der Waals surface area contributed by atoms with Crippen molar-refractivity contribution in [1.82, 2.24) is 24.1 Å². The summed E-state index contributed by atoms with van der Waals surface area (Å²) in [6, 6.07) is 1.78. The van der Waals surface area contributed by atoms with Gasteiger partial charge in [0.1, 0.15) is 16.3 Å². The Morgan fingerprint density at radius 1 is 1.29 bits per heavy atom. The van der Waals surface area contributed by atoms with Crippen LogP contribution in [0, 0.1) is 13.8 Å². The Balaban J connectivity index is 1.52. The van der Waals surface area contributed by atoms with E-state index in [9.17, 15) is 4.79 Å². The molecule has 1 saturated heterocycles. The molecular weight excluding hydrogens is 322 g/mol. The number of thiazole rings is 1. The summed E-state index contributed by atoms with van der Waals surface area (Å²) in [5, 5.41) is 6.28. The average Bonchev–Trinajstić information content (AvgIpc) is 3.26. The van der Waals surface area contributed by atoms with Crippen LogP contribution in [0.15, 0.2) is 17.6 Å². The van der Waals surface area contributed by atoms with Gasteiger partial charge < -0.3 is 4.90 Å². The number of likely N-dealkylation sites (tertiary alicyclic amines) is 1. The zero-order valence-electron chi connectivity index (χ0n) is 14.2. The van der Waals surface area contributed by atoms with Gasteiger partial charge in [0.05, 0.1) is 5.69 Å². The van der Waals surface area contributed by atoms with Crippen molar-refractivity contribution in [1.29, 1.82) is 0 Å². The van der Waals surface area contributed by atoms with Crippen molar-refractivity contribution in [2.75, 3.05) is 13.1 Å². The predicted octanol–water partition coefficient (Wildman–Crippen LogP) is 2.77.